The Hall–Kier alpha value is -2.60. The second kappa shape index (κ2) is 7.96. The van der Waals surface area contributed by atoms with Crippen LogP contribution in [0.2, 0.25) is 0 Å². The number of thiol groups is 1. The summed E-state index contributed by atoms with van der Waals surface area (Å²) in [4.78, 5) is 13.8. The molecule has 1 fully saturated rings. The van der Waals surface area contributed by atoms with Crippen LogP contribution in [0.25, 0.3) is 11.3 Å². The van der Waals surface area contributed by atoms with Crippen LogP contribution in [0.4, 0.5) is 0 Å². The van der Waals surface area contributed by atoms with Crippen LogP contribution in [0.5, 0.6) is 0 Å². The minimum atomic E-state index is -0.420. The molecule has 0 unspecified atom stereocenters. The van der Waals surface area contributed by atoms with Gasteiger partial charge >= 0.3 is 0 Å². The summed E-state index contributed by atoms with van der Waals surface area (Å²) in [5.41, 5.74) is 2.80. The fourth-order valence-electron chi connectivity index (χ4n) is 3.02. The maximum absolute atomic E-state index is 12.9. The standard InChI is InChI=1S/C21H22N4OS/c26-21(22-13-16-6-7-16)20(12-15-4-2-1-3-5-15)25-14-19(23-24-25)17-8-10-18(27)11-9-17/h1-5,8-11,14,16,20,27H,6-7,12-13H2,(H,22,26)/t20-/m0/s1. The maximum Gasteiger partial charge on any atom is 0.245 e. The highest BCUT2D eigenvalue weighted by Gasteiger charge is 2.26. The van der Waals surface area contributed by atoms with Gasteiger partial charge in [0.25, 0.3) is 0 Å². The number of amides is 1. The highest BCUT2D eigenvalue weighted by molar-refractivity contribution is 7.80. The summed E-state index contributed by atoms with van der Waals surface area (Å²) in [5.74, 6) is 0.630. The van der Waals surface area contributed by atoms with E-state index >= 15 is 0 Å². The molecule has 2 aromatic carbocycles. The van der Waals surface area contributed by atoms with Crippen LogP contribution in [0.15, 0.2) is 65.7 Å². The third-order valence-corrected chi connectivity index (χ3v) is 5.13. The number of carbonyl (C=O) groups excluding carboxylic acids is 1. The molecule has 0 spiro atoms. The van der Waals surface area contributed by atoms with Crippen molar-refractivity contribution in [2.24, 2.45) is 5.92 Å². The van der Waals surface area contributed by atoms with Gasteiger partial charge in [-0.25, -0.2) is 4.68 Å². The molecule has 1 atom stereocenters. The summed E-state index contributed by atoms with van der Waals surface area (Å²) in [5, 5.41) is 11.6. The Labute approximate surface area is 164 Å². The molecule has 0 bridgehead atoms. The number of carbonyl (C=O) groups is 1. The van der Waals surface area contributed by atoms with Crippen molar-refractivity contribution in [3.8, 4) is 11.3 Å². The number of hydrogen-bond acceptors (Lipinski definition) is 4. The zero-order valence-corrected chi connectivity index (χ0v) is 15.8. The van der Waals surface area contributed by atoms with Crippen molar-refractivity contribution >= 4 is 18.5 Å². The monoisotopic (exact) mass is 378 g/mol. The van der Waals surface area contributed by atoms with Gasteiger partial charge in [-0.1, -0.05) is 47.7 Å². The lowest BCUT2D eigenvalue weighted by Gasteiger charge is -2.17. The first kappa shape index (κ1) is 17.8. The Morgan fingerprint density at radius 2 is 1.89 bits per heavy atom. The van der Waals surface area contributed by atoms with Gasteiger partial charge in [-0.15, -0.1) is 17.7 Å². The van der Waals surface area contributed by atoms with E-state index in [0.717, 1.165) is 28.3 Å². The number of hydrogen-bond donors (Lipinski definition) is 2. The fourth-order valence-corrected chi connectivity index (χ4v) is 3.17. The lowest BCUT2D eigenvalue weighted by atomic mass is 10.1. The lowest BCUT2D eigenvalue weighted by molar-refractivity contribution is -0.124. The number of benzene rings is 2. The third-order valence-electron chi connectivity index (χ3n) is 4.83. The summed E-state index contributed by atoms with van der Waals surface area (Å²) in [7, 11) is 0. The van der Waals surface area contributed by atoms with E-state index in [2.05, 4.69) is 28.3 Å². The molecule has 6 heteroatoms. The van der Waals surface area contributed by atoms with Gasteiger partial charge in [0.05, 0.1) is 6.20 Å². The van der Waals surface area contributed by atoms with E-state index in [9.17, 15) is 4.79 Å². The molecular formula is C21H22N4OS. The molecule has 5 nitrogen and oxygen atoms in total. The number of nitrogens with zero attached hydrogens (tertiary/aromatic N) is 3. The van der Waals surface area contributed by atoms with E-state index in [4.69, 9.17) is 0 Å². The molecular weight excluding hydrogens is 356 g/mol. The summed E-state index contributed by atoms with van der Waals surface area (Å²) < 4.78 is 1.68. The van der Waals surface area contributed by atoms with Gasteiger partial charge < -0.3 is 5.32 Å². The summed E-state index contributed by atoms with van der Waals surface area (Å²) >= 11 is 4.32. The van der Waals surface area contributed by atoms with Crippen LogP contribution in [-0.4, -0.2) is 27.4 Å². The average molecular weight is 379 g/mol. The molecule has 0 aliphatic heterocycles. The lowest BCUT2D eigenvalue weighted by Crippen LogP contribution is -2.35. The normalized spacial score (nSPS) is 14.7. The Morgan fingerprint density at radius 3 is 2.59 bits per heavy atom. The molecule has 0 saturated heterocycles. The minimum absolute atomic E-state index is 0.00657. The van der Waals surface area contributed by atoms with E-state index in [0.29, 0.717) is 12.3 Å². The molecule has 1 aromatic heterocycles. The minimum Gasteiger partial charge on any atom is -0.354 e. The van der Waals surface area contributed by atoms with Gasteiger partial charge in [0.15, 0.2) is 0 Å². The second-order valence-electron chi connectivity index (χ2n) is 7.02. The maximum atomic E-state index is 12.9. The van der Waals surface area contributed by atoms with Crippen LogP contribution in [0, 0.1) is 5.92 Å². The fraction of sp³-hybridized carbons (Fsp3) is 0.286. The van der Waals surface area contributed by atoms with Crippen LogP contribution in [-0.2, 0) is 11.2 Å². The molecule has 1 amide bonds. The zero-order chi connectivity index (χ0) is 18.6. The molecule has 1 aliphatic carbocycles. The van der Waals surface area contributed by atoms with Crippen molar-refractivity contribution < 1.29 is 4.79 Å². The van der Waals surface area contributed by atoms with E-state index in [1.165, 1.54) is 12.8 Å². The number of aromatic nitrogens is 3. The molecule has 4 rings (SSSR count). The molecule has 138 valence electrons. The van der Waals surface area contributed by atoms with Crippen molar-refractivity contribution in [3.63, 3.8) is 0 Å². The van der Waals surface area contributed by atoms with Crippen molar-refractivity contribution in [3.05, 3.63) is 66.4 Å². The molecule has 1 saturated carbocycles. The average Bonchev–Trinajstić information content (AvgIpc) is 3.40. The highest BCUT2D eigenvalue weighted by Crippen LogP contribution is 2.28. The number of rotatable bonds is 7. The van der Waals surface area contributed by atoms with Gasteiger partial charge in [-0.3, -0.25) is 4.79 Å². The van der Waals surface area contributed by atoms with Crippen LogP contribution in [0.3, 0.4) is 0 Å². The quantitative estimate of drug-likeness (QED) is 0.618. The first-order valence-electron chi connectivity index (χ1n) is 9.22. The molecule has 3 aromatic rings. The molecule has 1 N–H and O–H groups in total. The Kier molecular flexibility index (Phi) is 5.25. The zero-order valence-electron chi connectivity index (χ0n) is 15.0. The summed E-state index contributed by atoms with van der Waals surface area (Å²) in [6.07, 6.45) is 4.84. The predicted molar refractivity (Wildman–Crippen MR) is 108 cm³/mol. The van der Waals surface area contributed by atoms with E-state index in [-0.39, 0.29) is 5.91 Å². The Bertz CT molecular complexity index is 903. The van der Waals surface area contributed by atoms with E-state index in [1.54, 1.807) is 4.68 Å². The van der Waals surface area contributed by atoms with Gasteiger partial charge in [0.2, 0.25) is 5.91 Å². The van der Waals surface area contributed by atoms with Crippen molar-refractivity contribution in [2.45, 2.75) is 30.2 Å². The third kappa shape index (κ3) is 4.57. The van der Waals surface area contributed by atoms with E-state index in [1.807, 2.05) is 60.8 Å². The largest absolute Gasteiger partial charge is 0.354 e. The van der Waals surface area contributed by atoms with Crippen LogP contribution >= 0.6 is 12.6 Å². The number of nitrogens with one attached hydrogen (secondary N) is 1. The molecule has 1 aliphatic rings. The summed E-state index contributed by atoms with van der Waals surface area (Å²) in [6, 6.07) is 17.3. The Balaban J connectivity index is 1.57. The Morgan fingerprint density at radius 1 is 1.15 bits per heavy atom. The smallest absolute Gasteiger partial charge is 0.245 e. The summed E-state index contributed by atoms with van der Waals surface area (Å²) in [6.45, 7) is 0.745. The predicted octanol–water partition coefficient (Wildman–Crippen LogP) is 3.54. The van der Waals surface area contributed by atoms with Crippen molar-refractivity contribution in [2.75, 3.05) is 6.54 Å². The van der Waals surface area contributed by atoms with Crippen molar-refractivity contribution in [1.82, 2.24) is 20.3 Å². The molecule has 1 heterocycles. The SMILES string of the molecule is O=C(NCC1CC1)[C@H](Cc1ccccc1)n1cc(-c2ccc(S)cc2)nn1. The molecule has 0 radical (unpaired) electrons. The van der Waals surface area contributed by atoms with Crippen molar-refractivity contribution in [1.29, 1.82) is 0 Å². The van der Waals surface area contributed by atoms with Gasteiger partial charge in [0.1, 0.15) is 11.7 Å². The van der Waals surface area contributed by atoms with Gasteiger partial charge in [-0.05, 0) is 36.5 Å². The van der Waals surface area contributed by atoms with Crippen LogP contribution < -0.4 is 5.32 Å². The topological polar surface area (TPSA) is 59.8 Å². The molecule has 27 heavy (non-hydrogen) atoms. The van der Waals surface area contributed by atoms with Gasteiger partial charge in [-0.2, -0.15) is 0 Å². The first-order valence-corrected chi connectivity index (χ1v) is 9.66. The first-order chi connectivity index (χ1) is 13.2. The van der Waals surface area contributed by atoms with Crippen LogP contribution in [0.1, 0.15) is 24.4 Å². The van der Waals surface area contributed by atoms with Gasteiger partial charge in [0, 0.05) is 23.4 Å². The second-order valence-corrected chi connectivity index (χ2v) is 7.54. The van der Waals surface area contributed by atoms with E-state index < -0.39 is 6.04 Å². The highest BCUT2D eigenvalue weighted by atomic mass is 32.1.